The van der Waals surface area contributed by atoms with Gasteiger partial charge in [0.15, 0.2) is 0 Å². The maximum atomic E-state index is 5.79. The van der Waals surface area contributed by atoms with E-state index in [9.17, 15) is 0 Å². The first-order chi connectivity index (χ1) is 10.4. The fourth-order valence-corrected chi connectivity index (χ4v) is 2.00. The molecule has 0 aliphatic carbocycles. The molecule has 0 fully saturated rings. The molecule has 114 valence electrons. The molecule has 0 aliphatic rings. The minimum Gasteiger partial charge on any atom is -1.00 e. The van der Waals surface area contributed by atoms with Crippen LogP contribution in [0, 0.1) is 0 Å². The number of nitrogens with zero attached hydrogens (tertiary/aromatic N) is 4. The Bertz CT molecular complexity index is 717. The van der Waals surface area contributed by atoms with Crippen LogP contribution in [0.1, 0.15) is 5.56 Å². The molecule has 1 aromatic heterocycles. The summed E-state index contributed by atoms with van der Waals surface area (Å²) in [4.78, 5) is 0. The van der Waals surface area contributed by atoms with Crippen molar-refractivity contribution in [3.8, 4) is 17.4 Å². The molecule has 0 atom stereocenters. The third-order valence-electron chi connectivity index (χ3n) is 2.93. The highest BCUT2D eigenvalue weighted by Crippen LogP contribution is 2.21. The van der Waals surface area contributed by atoms with Gasteiger partial charge in [0.1, 0.15) is 5.75 Å². The van der Waals surface area contributed by atoms with Crippen LogP contribution in [0.5, 0.6) is 11.8 Å². The van der Waals surface area contributed by atoms with Gasteiger partial charge in [-0.15, -0.1) is 0 Å². The monoisotopic (exact) mass is 316 g/mol. The quantitative estimate of drug-likeness (QED) is 0.666. The minimum atomic E-state index is 0. The van der Waals surface area contributed by atoms with Gasteiger partial charge in [-0.3, -0.25) is 0 Å². The van der Waals surface area contributed by atoms with Gasteiger partial charge in [-0.05, 0) is 47.3 Å². The molecule has 0 spiro atoms. The van der Waals surface area contributed by atoms with Gasteiger partial charge in [0, 0.05) is 6.54 Å². The highest BCUT2D eigenvalue weighted by molar-refractivity contribution is 5.34. The number of nitrogens with one attached hydrogen (secondary N) is 1. The third kappa shape index (κ3) is 3.60. The summed E-state index contributed by atoms with van der Waals surface area (Å²) in [5, 5.41) is 14.7. The second kappa shape index (κ2) is 7.53. The average molecular weight is 317 g/mol. The highest BCUT2D eigenvalue weighted by Gasteiger charge is 2.10. The first-order valence-corrected chi connectivity index (χ1v) is 6.62. The number of halogens is 1. The number of hydrogen-bond donors (Lipinski definition) is 1. The van der Waals surface area contributed by atoms with Crippen molar-refractivity contribution in [2.24, 2.45) is 0 Å². The molecule has 1 N–H and O–H groups in total. The van der Waals surface area contributed by atoms with Crippen LogP contribution < -0.4 is 22.5 Å². The summed E-state index contributed by atoms with van der Waals surface area (Å²) in [5.41, 5.74) is 1.98. The molecule has 0 unspecified atom stereocenters. The lowest BCUT2D eigenvalue weighted by molar-refractivity contribution is -0.00000509. The fraction of sp³-hybridized carbons (Fsp3) is 0.133. The van der Waals surface area contributed by atoms with Crippen LogP contribution in [-0.4, -0.2) is 27.3 Å². The Kier molecular flexibility index (Phi) is 5.46. The maximum Gasteiger partial charge on any atom is 0.345 e. The van der Waals surface area contributed by atoms with Crippen molar-refractivity contribution in [2.75, 3.05) is 7.05 Å². The van der Waals surface area contributed by atoms with Gasteiger partial charge in [0.05, 0.1) is 5.69 Å². The number of para-hydroxylation sites is 1. The SMILES string of the molecule is CNCc1cccc(Oc2nnnn2-c2ccccc2)c1.[Cl-]. The summed E-state index contributed by atoms with van der Waals surface area (Å²) in [7, 11) is 1.91. The lowest BCUT2D eigenvalue weighted by Crippen LogP contribution is -3.00. The Morgan fingerprint density at radius 3 is 2.68 bits per heavy atom. The normalized spacial score (nSPS) is 10.0. The average Bonchev–Trinajstić information content (AvgIpc) is 2.97. The Morgan fingerprint density at radius 1 is 1.09 bits per heavy atom. The first-order valence-electron chi connectivity index (χ1n) is 6.62. The predicted molar refractivity (Wildman–Crippen MR) is 78.4 cm³/mol. The molecule has 3 aromatic rings. The van der Waals surface area contributed by atoms with Gasteiger partial charge in [0.2, 0.25) is 0 Å². The summed E-state index contributed by atoms with van der Waals surface area (Å²) in [6.45, 7) is 0.779. The van der Waals surface area contributed by atoms with Gasteiger partial charge >= 0.3 is 6.01 Å². The van der Waals surface area contributed by atoms with E-state index in [0.29, 0.717) is 11.8 Å². The van der Waals surface area contributed by atoms with E-state index in [1.807, 2.05) is 61.6 Å². The summed E-state index contributed by atoms with van der Waals surface area (Å²) in [6, 6.07) is 17.8. The van der Waals surface area contributed by atoms with Crippen molar-refractivity contribution in [3.05, 3.63) is 60.2 Å². The zero-order chi connectivity index (χ0) is 14.5. The number of hydrogen-bond acceptors (Lipinski definition) is 5. The van der Waals surface area contributed by atoms with Crippen molar-refractivity contribution in [1.82, 2.24) is 25.5 Å². The Hall–Kier alpha value is -2.44. The third-order valence-corrected chi connectivity index (χ3v) is 2.93. The molecule has 0 bridgehead atoms. The number of benzene rings is 2. The van der Waals surface area contributed by atoms with E-state index in [1.165, 1.54) is 0 Å². The number of rotatable bonds is 5. The topological polar surface area (TPSA) is 64.9 Å². The van der Waals surface area contributed by atoms with Crippen molar-refractivity contribution in [2.45, 2.75) is 6.54 Å². The summed E-state index contributed by atoms with van der Waals surface area (Å²) in [5.74, 6) is 0.703. The Balaban J connectivity index is 0.00000176. The van der Waals surface area contributed by atoms with Crippen LogP contribution in [0.2, 0.25) is 0 Å². The summed E-state index contributed by atoms with van der Waals surface area (Å²) >= 11 is 0. The molecule has 22 heavy (non-hydrogen) atoms. The van der Waals surface area contributed by atoms with Crippen molar-refractivity contribution < 1.29 is 17.1 Å². The molecule has 0 radical (unpaired) electrons. The lowest BCUT2D eigenvalue weighted by atomic mass is 10.2. The lowest BCUT2D eigenvalue weighted by Gasteiger charge is -2.07. The largest absolute Gasteiger partial charge is 1.00 e. The molecule has 0 amide bonds. The van der Waals surface area contributed by atoms with Crippen molar-refractivity contribution in [1.29, 1.82) is 0 Å². The van der Waals surface area contributed by atoms with Crippen LogP contribution in [-0.2, 0) is 6.54 Å². The smallest absolute Gasteiger partial charge is 0.345 e. The van der Waals surface area contributed by atoms with Crippen LogP contribution in [0.3, 0.4) is 0 Å². The molecule has 1 heterocycles. The summed E-state index contributed by atoms with van der Waals surface area (Å²) < 4.78 is 7.35. The Labute approximate surface area is 134 Å². The minimum absolute atomic E-state index is 0. The van der Waals surface area contributed by atoms with E-state index in [1.54, 1.807) is 4.68 Å². The first kappa shape index (κ1) is 15.9. The van der Waals surface area contributed by atoms with Crippen LogP contribution in [0.15, 0.2) is 54.6 Å². The second-order valence-electron chi connectivity index (χ2n) is 4.49. The molecule has 2 aromatic carbocycles. The molecular formula is C15H15ClN5O-. The predicted octanol–water partition coefficient (Wildman–Crippen LogP) is -0.822. The molecule has 6 nitrogen and oxygen atoms in total. The van der Waals surface area contributed by atoms with Gasteiger partial charge < -0.3 is 22.5 Å². The van der Waals surface area contributed by atoms with Crippen molar-refractivity contribution in [3.63, 3.8) is 0 Å². The van der Waals surface area contributed by atoms with E-state index in [2.05, 4.69) is 20.8 Å². The molecule has 3 rings (SSSR count). The van der Waals surface area contributed by atoms with Gasteiger partial charge in [0.25, 0.3) is 0 Å². The fourth-order valence-electron chi connectivity index (χ4n) is 2.00. The van der Waals surface area contributed by atoms with Gasteiger partial charge in [-0.2, -0.15) is 4.68 Å². The molecule has 0 aliphatic heterocycles. The molecular weight excluding hydrogens is 302 g/mol. The van der Waals surface area contributed by atoms with Gasteiger partial charge in [-0.25, -0.2) is 0 Å². The number of tetrazole rings is 1. The zero-order valence-corrected chi connectivity index (χ0v) is 12.7. The highest BCUT2D eigenvalue weighted by atomic mass is 35.5. The van der Waals surface area contributed by atoms with Crippen LogP contribution in [0.4, 0.5) is 0 Å². The Morgan fingerprint density at radius 2 is 1.91 bits per heavy atom. The van der Waals surface area contributed by atoms with E-state index in [0.717, 1.165) is 17.8 Å². The molecule has 0 saturated heterocycles. The van der Waals surface area contributed by atoms with Gasteiger partial charge in [-0.1, -0.05) is 35.4 Å². The summed E-state index contributed by atoms with van der Waals surface area (Å²) in [6.07, 6.45) is 0. The maximum absolute atomic E-state index is 5.79. The van der Waals surface area contributed by atoms with Crippen LogP contribution in [0.25, 0.3) is 5.69 Å². The van der Waals surface area contributed by atoms with Crippen molar-refractivity contribution >= 4 is 0 Å². The molecule has 0 saturated carbocycles. The molecule has 7 heteroatoms. The van der Waals surface area contributed by atoms with E-state index in [4.69, 9.17) is 4.74 Å². The standard InChI is InChI=1S/C15H15N5O.ClH/c1-16-11-12-6-5-9-14(10-12)21-15-17-18-19-20(15)13-7-3-2-4-8-13;/h2-10,16H,11H2,1H3;1H/p-1. The number of aromatic nitrogens is 4. The number of ether oxygens (including phenoxy) is 1. The van der Waals surface area contributed by atoms with E-state index >= 15 is 0 Å². The van der Waals surface area contributed by atoms with E-state index in [-0.39, 0.29) is 12.4 Å². The zero-order valence-electron chi connectivity index (χ0n) is 12.0. The van der Waals surface area contributed by atoms with Crippen LogP contribution >= 0.6 is 0 Å². The van der Waals surface area contributed by atoms with E-state index < -0.39 is 0 Å². The second-order valence-corrected chi connectivity index (χ2v) is 4.49.